The summed E-state index contributed by atoms with van der Waals surface area (Å²) in [5.74, 6) is 0.0200. The Kier molecular flexibility index (Phi) is 5.56. The molecule has 1 amide bonds. The summed E-state index contributed by atoms with van der Waals surface area (Å²) in [5, 5.41) is 3.03. The van der Waals surface area contributed by atoms with Crippen molar-refractivity contribution in [3.8, 4) is 0 Å². The number of nitrogens with one attached hydrogen (secondary N) is 1. The first-order valence-electron chi connectivity index (χ1n) is 8.00. The predicted octanol–water partition coefficient (Wildman–Crippen LogP) is 4.07. The van der Waals surface area contributed by atoms with Crippen LogP contribution in [0.4, 0.5) is 5.69 Å². The summed E-state index contributed by atoms with van der Waals surface area (Å²) in [6, 6.07) is 14.3. The Hall–Kier alpha value is -2.13. The highest BCUT2D eigenvalue weighted by Crippen LogP contribution is 2.17. The standard InChI is InChI=1S/C20H26N2O/c1-14-6-9-18(10-7-14)13-22(5)17(4)20(23)21-19-11-8-15(2)12-16(19)3/h6-12,17H,13H2,1-5H3,(H,21,23). The van der Waals surface area contributed by atoms with Gasteiger partial charge in [-0.3, -0.25) is 9.69 Å². The van der Waals surface area contributed by atoms with E-state index in [9.17, 15) is 4.79 Å². The highest BCUT2D eigenvalue weighted by atomic mass is 16.2. The monoisotopic (exact) mass is 310 g/mol. The third kappa shape index (κ3) is 4.67. The van der Waals surface area contributed by atoms with E-state index < -0.39 is 0 Å². The van der Waals surface area contributed by atoms with Gasteiger partial charge in [-0.1, -0.05) is 47.5 Å². The van der Waals surface area contributed by atoms with Crippen LogP contribution in [0.5, 0.6) is 0 Å². The Balaban J connectivity index is 1.99. The molecule has 3 heteroatoms. The molecule has 0 bridgehead atoms. The highest BCUT2D eigenvalue weighted by molar-refractivity contribution is 5.95. The number of rotatable bonds is 5. The Morgan fingerprint density at radius 3 is 2.26 bits per heavy atom. The van der Waals surface area contributed by atoms with Gasteiger partial charge in [-0.05, 0) is 51.9 Å². The summed E-state index contributed by atoms with van der Waals surface area (Å²) in [4.78, 5) is 14.5. The third-order valence-corrected chi connectivity index (χ3v) is 4.23. The molecule has 23 heavy (non-hydrogen) atoms. The van der Waals surface area contributed by atoms with Gasteiger partial charge in [-0.2, -0.15) is 0 Å². The van der Waals surface area contributed by atoms with Gasteiger partial charge < -0.3 is 5.32 Å². The smallest absolute Gasteiger partial charge is 0.241 e. The van der Waals surface area contributed by atoms with Crippen molar-refractivity contribution in [2.45, 2.75) is 40.3 Å². The summed E-state index contributed by atoms with van der Waals surface area (Å²) >= 11 is 0. The minimum absolute atomic E-state index is 0.0200. The third-order valence-electron chi connectivity index (χ3n) is 4.23. The van der Waals surface area contributed by atoms with Gasteiger partial charge in [0.15, 0.2) is 0 Å². The van der Waals surface area contributed by atoms with Crippen molar-refractivity contribution in [2.24, 2.45) is 0 Å². The topological polar surface area (TPSA) is 32.3 Å². The molecule has 0 aliphatic carbocycles. The summed E-state index contributed by atoms with van der Waals surface area (Å²) in [6.45, 7) is 8.84. The SMILES string of the molecule is Cc1ccc(CN(C)C(C)C(=O)Nc2ccc(C)cc2C)cc1. The zero-order valence-electron chi connectivity index (χ0n) is 14.7. The number of aryl methyl sites for hydroxylation is 3. The number of carbonyl (C=O) groups is 1. The Labute approximate surface area is 139 Å². The Morgan fingerprint density at radius 1 is 1.04 bits per heavy atom. The molecule has 0 spiro atoms. The van der Waals surface area contributed by atoms with Crippen LogP contribution in [0.3, 0.4) is 0 Å². The fourth-order valence-corrected chi connectivity index (χ4v) is 2.51. The molecule has 0 aliphatic rings. The second-order valence-corrected chi connectivity index (χ2v) is 6.38. The van der Waals surface area contributed by atoms with Crippen LogP contribution in [0.1, 0.15) is 29.2 Å². The van der Waals surface area contributed by atoms with E-state index in [1.807, 2.05) is 33.0 Å². The first kappa shape index (κ1) is 17.2. The molecule has 0 saturated carbocycles. The maximum absolute atomic E-state index is 12.5. The van der Waals surface area contributed by atoms with E-state index in [1.165, 1.54) is 16.7 Å². The van der Waals surface area contributed by atoms with Crippen LogP contribution in [0.15, 0.2) is 42.5 Å². The average molecular weight is 310 g/mol. The van der Waals surface area contributed by atoms with Crippen molar-refractivity contribution < 1.29 is 4.79 Å². The summed E-state index contributed by atoms with van der Waals surface area (Å²) in [7, 11) is 1.98. The number of anilines is 1. The van der Waals surface area contributed by atoms with Crippen LogP contribution in [0, 0.1) is 20.8 Å². The van der Waals surface area contributed by atoms with Crippen LogP contribution in [0.2, 0.25) is 0 Å². The van der Waals surface area contributed by atoms with Gasteiger partial charge in [-0.25, -0.2) is 0 Å². The van der Waals surface area contributed by atoms with Crippen molar-refractivity contribution in [2.75, 3.05) is 12.4 Å². The van der Waals surface area contributed by atoms with Gasteiger partial charge in [-0.15, -0.1) is 0 Å². The molecule has 122 valence electrons. The van der Waals surface area contributed by atoms with Gasteiger partial charge in [0.25, 0.3) is 0 Å². The average Bonchev–Trinajstić information content (AvgIpc) is 2.51. The largest absolute Gasteiger partial charge is 0.324 e. The van der Waals surface area contributed by atoms with E-state index in [1.54, 1.807) is 0 Å². The van der Waals surface area contributed by atoms with E-state index >= 15 is 0 Å². The van der Waals surface area contributed by atoms with Crippen LogP contribution >= 0.6 is 0 Å². The number of hydrogen-bond donors (Lipinski definition) is 1. The molecule has 2 aromatic rings. The summed E-state index contributed by atoms with van der Waals surface area (Å²) in [6.07, 6.45) is 0. The molecule has 3 nitrogen and oxygen atoms in total. The molecule has 0 fully saturated rings. The summed E-state index contributed by atoms with van der Waals surface area (Å²) in [5.41, 5.74) is 5.63. The van der Waals surface area contributed by atoms with Crippen molar-refractivity contribution in [3.63, 3.8) is 0 Å². The van der Waals surface area contributed by atoms with E-state index in [2.05, 4.69) is 54.4 Å². The molecule has 0 saturated heterocycles. The van der Waals surface area contributed by atoms with E-state index in [-0.39, 0.29) is 11.9 Å². The second-order valence-electron chi connectivity index (χ2n) is 6.38. The van der Waals surface area contributed by atoms with Crippen molar-refractivity contribution >= 4 is 11.6 Å². The number of carbonyl (C=O) groups excluding carboxylic acids is 1. The molecular formula is C20H26N2O. The number of hydrogen-bond acceptors (Lipinski definition) is 2. The van der Waals surface area contributed by atoms with Gasteiger partial charge >= 0.3 is 0 Å². The fourth-order valence-electron chi connectivity index (χ4n) is 2.51. The van der Waals surface area contributed by atoms with Crippen molar-refractivity contribution in [3.05, 3.63) is 64.7 Å². The normalized spacial score (nSPS) is 12.3. The molecule has 2 aromatic carbocycles. The minimum atomic E-state index is -0.197. The molecular weight excluding hydrogens is 284 g/mol. The van der Waals surface area contributed by atoms with Gasteiger partial charge in [0.2, 0.25) is 5.91 Å². The fraction of sp³-hybridized carbons (Fsp3) is 0.350. The number of amides is 1. The quantitative estimate of drug-likeness (QED) is 0.903. The maximum Gasteiger partial charge on any atom is 0.241 e. The predicted molar refractivity (Wildman–Crippen MR) is 96.7 cm³/mol. The van der Waals surface area contributed by atoms with Crippen LogP contribution in [-0.4, -0.2) is 23.9 Å². The molecule has 1 N–H and O–H groups in total. The highest BCUT2D eigenvalue weighted by Gasteiger charge is 2.18. The summed E-state index contributed by atoms with van der Waals surface area (Å²) < 4.78 is 0. The first-order chi connectivity index (χ1) is 10.9. The molecule has 1 unspecified atom stereocenters. The second kappa shape index (κ2) is 7.42. The minimum Gasteiger partial charge on any atom is -0.324 e. The van der Waals surface area contributed by atoms with E-state index in [0.717, 1.165) is 17.8 Å². The molecule has 0 heterocycles. The first-order valence-corrected chi connectivity index (χ1v) is 8.00. The van der Waals surface area contributed by atoms with Gasteiger partial charge in [0, 0.05) is 12.2 Å². The molecule has 0 aliphatic heterocycles. The van der Waals surface area contributed by atoms with Crippen LogP contribution < -0.4 is 5.32 Å². The molecule has 0 aromatic heterocycles. The Morgan fingerprint density at radius 2 is 1.65 bits per heavy atom. The van der Waals surface area contributed by atoms with Crippen LogP contribution in [-0.2, 0) is 11.3 Å². The maximum atomic E-state index is 12.5. The van der Waals surface area contributed by atoms with E-state index in [0.29, 0.717) is 0 Å². The van der Waals surface area contributed by atoms with Gasteiger partial charge in [0.1, 0.15) is 0 Å². The molecule has 1 atom stereocenters. The number of nitrogens with zero attached hydrogens (tertiary/aromatic N) is 1. The van der Waals surface area contributed by atoms with Gasteiger partial charge in [0.05, 0.1) is 6.04 Å². The zero-order valence-corrected chi connectivity index (χ0v) is 14.7. The number of likely N-dealkylation sites (N-methyl/N-ethyl adjacent to an activating group) is 1. The number of benzene rings is 2. The Bertz CT molecular complexity index is 677. The lowest BCUT2D eigenvalue weighted by Crippen LogP contribution is -2.39. The lowest BCUT2D eigenvalue weighted by molar-refractivity contribution is -0.120. The van der Waals surface area contributed by atoms with Crippen LogP contribution in [0.25, 0.3) is 0 Å². The van der Waals surface area contributed by atoms with Crippen molar-refractivity contribution in [1.82, 2.24) is 4.90 Å². The lowest BCUT2D eigenvalue weighted by atomic mass is 10.1. The molecule has 2 rings (SSSR count). The van der Waals surface area contributed by atoms with E-state index in [4.69, 9.17) is 0 Å². The zero-order chi connectivity index (χ0) is 17.0. The lowest BCUT2D eigenvalue weighted by Gasteiger charge is -2.24. The van der Waals surface area contributed by atoms with Crippen molar-refractivity contribution in [1.29, 1.82) is 0 Å². The molecule has 0 radical (unpaired) electrons.